The number of piperidine rings is 1. The summed E-state index contributed by atoms with van der Waals surface area (Å²) in [6.45, 7) is 2.03. The fraction of sp³-hybridized carbons (Fsp3) is 0.500. The van der Waals surface area contributed by atoms with Crippen molar-refractivity contribution < 1.29 is 0 Å². The molecule has 0 aliphatic carbocycles. The second kappa shape index (κ2) is 4.33. The van der Waals surface area contributed by atoms with Crippen LogP contribution in [0.25, 0.3) is 5.13 Å². The zero-order chi connectivity index (χ0) is 11.7. The number of nitrogen functional groups attached to an aromatic ring is 1. The summed E-state index contributed by atoms with van der Waals surface area (Å²) in [6.07, 6.45) is 5.43. The highest BCUT2D eigenvalue weighted by Gasteiger charge is 2.18. The zero-order valence-corrected chi connectivity index (χ0v) is 10.2. The van der Waals surface area contributed by atoms with Gasteiger partial charge < -0.3 is 10.6 Å². The van der Waals surface area contributed by atoms with Gasteiger partial charge in [-0.25, -0.2) is 4.98 Å². The lowest BCUT2D eigenvalue weighted by Gasteiger charge is -2.24. The summed E-state index contributed by atoms with van der Waals surface area (Å²) in [4.78, 5) is 10.7. The Kier molecular flexibility index (Phi) is 2.68. The molecule has 1 fully saturated rings. The monoisotopic (exact) mass is 250 g/mol. The molecule has 0 unspecified atom stereocenters. The minimum Gasteiger partial charge on any atom is -0.368 e. The SMILES string of the molecule is Nc1nc(N2CCCCC2)nn1-c1nccs1. The topological polar surface area (TPSA) is 72.9 Å². The Bertz CT molecular complexity index is 485. The maximum absolute atomic E-state index is 5.87. The quantitative estimate of drug-likeness (QED) is 0.869. The first-order chi connectivity index (χ1) is 8.34. The van der Waals surface area contributed by atoms with Crippen molar-refractivity contribution in [3.8, 4) is 5.13 Å². The third kappa shape index (κ3) is 1.97. The highest BCUT2D eigenvalue weighted by molar-refractivity contribution is 7.12. The third-order valence-corrected chi connectivity index (χ3v) is 3.61. The number of aromatic nitrogens is 4. The predicted molar refractivity (Wildman–Crippen MR) is 67.5 cm³/mol. The Hall–Kier alpha value is -1.63. The van der Waals surface area contributed by atoms with E-state index in [-0.39, 0.29) is 0 Å². The molecule has 0 spiro atoms. The van der Waals surface area contributed by atoms with Gasteiger partial charge in [-0.1, -0.05) is 0 Å². The number of hydrogen-bond donors (Lipinski definition) is 1. The number of rotatable bonds is 2. The van der Waals surface area contributed by atoms with Crippen LogP contribution in [0.4, 0.5) is 11.9 Å². The molecule has 17 heavy (non-hydrogen) atoms. The van der Waals surface area contributed by atoms with Crippen LogP contribution in [0.5, 0.6) is 0 Å². The lowest BCUT2D eigenvalue weighted by molar-refractivity contribution is 0.568. The van der Waals surface area contributed by atoms with Crippen LogP contribution in [0.1, 0.15) is 19.3 Å². The van der Waals surface area contributed by atoms with Gasteiger partial charge in [-0.05, 0) is 19.3 Å². The van der Waals surface area contributed by atoms with Crippen molar-refractivity contribution in [1.82, 2.24) is 19.7 Å². The molecule has 6 nitrogen and oxygen atoms in total. The van der Waals surface area contributed by atoms with Crippen molar-refractivity contribution in [2.75, 3.05) is 23.7 Å². The molecule has 0 bridgehead atoms. The van der Waals surface area contributed by atoms with Crippen molar-refractivity contribution >= 4 is 23.2 Å². The molecule has 2 aromatic heterocycles. The average molecular weight is 250 g/mol. The molecule has 1 aliphatic rings. The first-order valence-electron chi connectivity index (χ1n) is 5.72. The molecular weight excluding hydrogens is 236 g/mol. The summed E-state index contributed by atoms with van der Waals surface area (Å²) in [7, 11) is 0. The third-order valence-electron chi connectivity index (χ3n) is 2.86. The molecule has 1 aliphatic heterocycles. The Morgan fingerprint density at radius 1 is 1.24 bits per heavy atom. The van der Waals surface area contributed by atoms with Gasteiger partial charge in [0.2, 0.25) is 17.0 Å². The highest BCUT2D eigenvalue weighted by Crippen LogP contribution is 2.20. The first kappa shape index (κ1) is 10.5. The molecule has 2 N–H and O–H groups in total. The predicted octanol–water partition coefficient (Wildman–Crippen LogP) is 1.30. The van der Waals surface area contributed by atoms with E-state index < -0.39 is 0 Å². The molecular formula is C10H14N6S. The van der Waals surface area contributed by atoms with Gasteiger partial charge in [-0.15, -0.1) is 16.4 Å². The van der Waals surface area contributed by atoms with E-state index in [2.05, 4.69) is 20.0 Å². The van der Waals surface area contributed by atoms with Gasteiger partial charge in [0.25, 0.3) is 0 Å². The zero-order valence-electron chi connectivity index (χ0n) is 9.41. The number of thiazole rings is 1. The Balaban J connectivity index is 1.90. The summed E-state index contributed by atoms with van der Waals surface area (Å²) in [6, 6.07) is 0. The van der Waals surface area contributed by atoms with Crippen molar-refractivity contribution in [2.24, 2.45) is 0 Å². The largest absolute Gasteiger partial charge is 0.368 e. The number of hydrogen-bond acceptors (Lipinski definition) is 6. The van der Waals surface area contributed by atoms with Crippen LogP contribution in [-0.2, 0) is 0 Å². The average Bonchev–Trinajstić information content (AvgIpc) is 2.99. The molecule has 3 rings (SSSR count). The van der Waals surface area contributed by atoms with Gasteiger partial charge in [-0.3, -0.25) is 0 Å². The normalized spacial score (nSPS) is 16.4. The summed E-state index contributed by atoms with van der Waals surface area (Å²) in [5.41, 5.74) is 5.87. The van der Waals surface area contributed by atoms with Crippen LogP contribution in [0.2, 0.25) is 0 Å². The van der Waals surface area contributed by atoms with E-state index in [1.165, 1.54) is 30.6 Å². The number of nitrogens with two attached hydrogens (primary N) is 1. The first-order valence-corrected chi connectivity index (χ1v) is 6.60. The Labute approximate surface area is 103 Å². The molecule has 1 saturated heterocycles. The van der Waals surface area contributed by atoms with Crippen LogP contribution in [0.3, 0.4) is 0 Å². The van der Waals surface area contributed by atoms with Crippen LogP contribution in [0, 0.1) is 0 Å². The second-order valence-corrected chi connectivity index (χ2v) is 4.92. The van der Waals surface area contributed by atoms with E-state index in [0.29, 0.717) is 5.95 Å². The van der Waals surface area contributed by atoms with Crippen LogP contribution < -0.4 is 10.6 Å². The summed E-state index contributed by atoms with van der Waals surface area (Å²) in [5.74, 6) is 1.12. The molecule has 7 heteroatoms. The lowest BCUT2D eigenvalue weighted by atomic mass is 10.1. The summed E-state index contributed by atoms with van der Waals surface area (Å²) in [5, 5.41) is 7.09. The molecule has 0 atom stereocenters. The van der Waals surface area contributed by atoms with Gasteiger partial charge in [0.05, 0.1) is 0 Å². The minimum absolute atomic E-state index is 0.403. The fourth-order valence-corrected chi connectivity index (χ4v) is 2.60. The molecule has 2 aromatic rings. The van der Waals surface area contributed by atoms with Crippen LogP contribution in [0.15, 0.2) is 11.6 Å². The smallest absolute Gasteiger partial charge is 0.247 e. The van der Waals surface area contributed by atoms with E-state index in [0.717, 1.165) is 24.2 Å². The van der Waals surface area contributed by atoms with Crippen LogP contribution in [-0.4, -0.2) is 32.8 Å². The molecule has 0 saturated carbocycles. The highest BCUT2D eigenvalue weighted by atomic mass is 32.1. The van der Waals surface area contributed by atoms with E-state index in [9.17, 15) is 0 Å². The Morgan fingerprint density at radius 2 is 2.06 bits per heavy atom. The van der Waals surface area contributed by atoms with E-state index >= 15 is 0 Å². The second-order valence-electron chi connectivity index (χ2n) is 4.04. The maximum atomic E-state index is 5.87. The van der Waals surface area contributed by atoms with Gasteiger partial charge >= 0.3 is 0 Å². The van der Waals surface area contributed by atoms with Gasteiger partial charge in [-0.2, -0.15) is 9.67 Å². The summed E-state index contributed by atoms with van der Waals surface area (Å²) >= 11 is 1.50. The van der Waals surface area contributed by atoms with E-state index in [1.807, 2.05) is 5.38 Å². The lowest BCUT2D eigenvalue weighted by Crippen LogP contribution is -2.30. The summed E-state index contributed by atoms with van der Waals surface area (Å²) < 4.78 is 1.61. The van der Waals surface area contributed by atoms with Crippen molar-refractivity contribution in [3.63, 3.8) is 0 Å². The van der Waals surface area contributed by atoms with E-state index in [4.69, 9.17) is 5.73 Å². The number of nitrogens with zero attached hydrogens (tertiary/aromatic N) is 5. The van der Waals surface area contributed by atoms with Gasteiger partial charge in [0.1, 0.15) is 0 Å². The van der Waals surface area contributed by atoms with Gasteiger partial charge in [0.15, 0.2) is 0 Å². The number of anilines is 2. The molecule has 90 valence electrons. The Morgan fingerprint density at radius 3 is 2.76 bits per heavy atom. The minimum atomic E-state index is 0.403. The van der Waals surface area contributed by atoms with E-state index in [1.54, 1.807) is 10.9 Å². The van der Waals surface area contributed by atoms with Crippen molar-refractivity contribution in [3.05, 3.63) is 11.6 Å². The fourth-order valence-electron chi connectivity index (χ4n) is 2.00. The van der Waals surface area contributed by atoms with Crippen LogP contribution >= 0.6 is 11.3 Å². The molecule has 0 aromatic carbocycles. The maximum Gasteiger partial charge on any atom is 0.247 e. The molecule has 3 heterocycles. The van der Waals surface area contributed by atoms with Gasteiger partial charge in [0, 0.05) is 24.7 Å². The standard InChI is InChI=1S/C10H14N6S/c11-8-13-9(15-5-2-1-3-6-15)14-16(8)10-12-4-7-17-10/h4,7H,1-3,5-6H2,(H2,11,13,14). The molecule has 0 amide bonds. The molecule has 0 radical (unpaired) electrons. The van der Waals surface area contributed by atoms with Crippen molar-refractivity contribution in [1.29, 1.82) is 0 Å². The van der Waals surface area contributed by atoms with Crippen molar-refractivity contribution in [2.45, 2.75) is 19.3 Å².